The summed E-state index contributed by atoms with van der Waals surface area (Å²) in [4.78, 5) is 38.6. The first kappa shape index (κ1) is 23.8. The van der Waals surface area contributed by atoms with Crippen molar-refractivity contribution in [2.45, 2.75) is 25.3 Å². The smallest absolute Gasteiger partial charge is 0.320 e. The highest BCUT2D eigenvalue weighted by molar-refractivity contribution is 5.74. The van der Waals surface area contributed by atoms with Gasteiger partial charge < -0.3 is 37.6 Å². The van der Waals surface area contributed by atoms with Gasteiger partial charge in [-0.05, 0) is 6.42 Å². The quantitative estimate of drug-likeness (QED) is 0.264. The fourth-order valence-corrected chi connectivity index (χ4v) is 0.526. The van der Waals surface area contributed by atoms with E-state index >= 15 is 0 Å². The van der Waals surface area contributed by atoms with Crippen LogP contribution in [0.2, 0.25) is 0 Å². The standard InChI is InChI=1S/C5H9NO4.C3H7NO2.C2H5NO2/c6-3(5(9)10)1-2-4(7)8;4-2-1-3(5)6;3-1-2(4)5/h3H,1-2,6H2,(H,7,8)(H,9,10);1-2,4H2,(H,5,6);1,3H2,(H,4,5). The van der Waals surface area contributed by atoms with Gasteiger partial charge in [-0.25, -0.2) is 0 Å². The SMILES string of the molecule is NC(CCC(=O)O)C(=O)O.NCC(=O)O.NCCC(=O)O. The number of aliphatic carboxylic acids is 4. The van der Waals surface area contributed by atoms with Crippen molar-refractivity contribution in [2.75, 3.05) is 13.1 Å². The highest BCUT2D eigenvalue weighted by atomic mass is 16.4. The van der Waals surface area contributed by atoms with Gasteiger partial charge in [0.15, 0.2) is 0 Å². The van der Waals surface area contributed by atoms with E-state index in [1.54, 1.807) is 0 Å². The monoisotopic (exact) mass is 311 g/mol. The van der Waals surface area contributed by atoms with Gasteiger partial charge in [0.25, 0.3) is 0 Å². The lowest BCUT2D eigenvalue weighted by Gasteiger charge is -2.01. The molecule has 21 heavy (non-hydrogen) atoms. The van der Waals surface area contributed by atoms with E-state index in [-0.39, 0.29) is 32.4 Å². The summed E-state index contributed by atoms with van der Waals surface area (Å²) in [6, 6.07) is -1.06. The van der Waals surface area contributed by atoms with Crippen LogP contribution in [0.5, 0.6) is 0 Å². The third kappa shape index (κ3) is 31.9. The molecule has 11 nitrogen and oxygen atoms in total. The first-order valence-electron chi connectivity index (χ1n) is 5.62. The van der Waals surface area contributed by atoms with Crippen molar-refractivity contribution in [3.8, 4) is 0 Å². The molecular formula is C10H21N3O8. The Bertz CT molecular complexity index is 334. The lowest BCUT2D eigenvalue weighted by Crippen LogP contribution is -2.30. The highest BCUT2D eigenvalue weighted by Gasteiger charge is 2.12. The van der Waals surface area contributed by atoms with E-state index in [2.05, 4.69) is 5.73 Å². The molecule has 0 aromatic rings. The fraction of sp³-hybridized carbons (Fsp3) is 0.600. The highest BCUT2D eigenvalue weighted by Crippen LogP contribution is 1.93. The van der Waals surface area contributed by atoms with Crippen molar-refractivity contribution in [1.29, 1.82) is 0 Å². The van der Waals surface area contributed by atoms with Crippen molar-refractivity contribution in [3.05, 3.63) is 0 Å². The number of carboxylic acids is 4. The average molecular weight is 311 g/mol. The number of hydrogen-bond donors (Lipinski definition) is 7. The number of rotatable bonds is 7. The van der Waals surface area contributed by atoms with Gasteiger partial charge >= 0.3 is 23.9 Å². The van der Waals surface area contributed by atoms with Crippen LogP contribution in [0.1, 0.15) is 19.3 Å². The Kier molecular flexibility index (Phi) is 17.9. The van der Waals surface area contributed by atoms with Gasteiger partial charge in [-0.2, -0.15) is 0 Å². The van der Waals surface area contributed by atoms with E-state index in [4.69, 9.17) is 31.9 Å². The molecule has 1 unspecified atom stereocenters. The summed E-state index contributed by atoms with van der Waals surface area (Å²) in [5, 5.41) is 31.7. The van der Waals surface area contributed by atoms with Gasteiger partial charge in [0.2, 0.25) is 0 Å². The number of nitrogens with two attached hydrogens (primary N) is 3. The molecule has 0 amide bonds. The van der Waals surface area contributed by atoms with Crippen LogP contribution in [-0.2, 0) is 19.2 Å². The molecule has 0 heterocycles. The summed E-state index contributed by atoms with van der Waals surface area (Å²) in [6.45, 7) is -0.0463. The molecule has 11 heteroatoms. The summed E-state index contributed by atoms with van der Waals surface area (Å²) in [5.41, 5.74) is 14.4. The number of hydrogen-bond acceptors (Lipinski definition) is 7. The summed E-state index contributed by atoms with van der Waals surface area (Å²) in [7, 11) is 0. The Balaban J connectivity index is -0.000000252. The Hall–Kier alpha value is -2.24. The van der Waals surface area contributed by atoms with Crippen LogP contribution < -0.4 is 17.2 Å². The number of carboxylic acid groups (broad SMARTS) is 4. The van der Waals surface area contributed by atoms with E-state index < -0.39 is 29.9 Å². The van der Waals surface area contributed by atoms with Crippen LogP contribution in [0.4, 0.5) is 0 Å². The van der Waals surface area contributed by atoms with Crippen LogP contribution >= 0.6 is 0 Å². The zero-order valence-electron chi connectivity index (χ0n) is 11.3. The van der Waals surface area contributed by atoms with Crippen molar-refractivity contribution in [2.24, 2.45) is 17.2 Å². The maximum atomic E-state index is 9.99. The van der Waals surface area contributed by atoms with Gasteiger partial charge in [0.05, 0.1) is 13.0 Å². The maximum absolute atomic E-state index is 9.99. The van der Waals surface area contributed by atoms with Crippen molar-refractivity contribution < 1.29 is 39.6 Å². The van der Waals surface area contributed by atoms with E-state index in [9.17, 15) is 19.2 Å². The Morgan fingerprint density at radius 1 is 0.810 bits per heavy atom. The molecule has 0 aliphatic heterocycles. The lowest BCUT2D eigenvalue weighted by molar-refractivity contribution is -0.140. The second-order valence-electron chi connectivity index (χ2n) is 3.41. The molecule has 0 fully saturated rings. The maximum Gasteiger partial charge on any atom is 0.320 e. The third-order valence-corrected chi connectivity index (χ3v) is 1.52. The van der Waals surface area contributed by atoms with E-state index in [1.165, 1.54) is 0 Å². The van der Waals surface area contributed by atoms with E-state index in [0.29, 0.717) is 0 Å². The second kappa shape index (κ2) is 15.8. The third-order valence-electron chi connectivity index (χ3n) is 1.52. The lowest BCUT2D eigenvalue weighted by atomic mass is 10.2. The normalized spacial score (nSPS) is 10.0. The fourth-order valence-electron chi connectivity index (χ4n) is 0.526. The minimum absolute atomic E-state index is 0.0231. The van der Waals surface area contributed by atoms with Gasteiger partial charge in [-0.3, -0.25) is 19.2 Å². The molecule has 124 valence electrons. The summed E-state index contributed by atoms with van der Waals surface area (Å²) in [6.07, 6.45) is -0.155. The Morgan fingerprint density at radius 2 is 1.19 bits per heavy atom. The van der Waals surface area contributed by atoms with Crippen molar-refractivity contribution in [3.63, 3.8) is 0 Å². The molecule has 0 aromatic carbocycles. The van der Waals surface area contributed by atoms with Crippen LogP contribution in [0.15, 0.2) is 0 Å². The van der Waals surface area contributed by atoms with Gasteiger partial charge in [0, 0.05) is 13.0 Å². The van der Waals surface area contributed by atoms with Gasteiger partial charge in [-0.15, -0.1) is 0 Å². The predicted octanol–water partition coefficient (Wildman–Crippen LogP) is -2.29. The van der Waals surface area contributed by atoms with Crippen LogP contribution in [-0.4, -0.2) is 63.4 Å². The molecule has 0 saturated heterocycles. The molecule has 0 aliphatic carbocycles. The predicted molar refractivity (Wildman–Crippen MR) is 70.5 cm³/mol. The second-order valence-corrected chi connectivity index (χ2v) is 3.41. The molecule has 0 aromatic heterocycles. The summed E-state index contributed by atoms with van der Waals surface area (Å²) >= 11 is 0. The molecule has 0 bridgehead atoms. The molecule has 0 saturated carbocycles. The average Bonchev–Trinajstić information content (AvgIpc) is 2.36. The minimum Gasteiger partial charge on any atom is -0.481 e. The molecule has 0 radical (unpaired) electrons. The summed E-state index contributed by atoms with van der Waals surface area (Å²) < 4.78 is 0. The van der Waals surface area contributed by atoms with E-state index in [1.807, 2.05) is 0 Å². The van der Waals surface area contributed by atoms with Gasteiger partial charge in [-0.1, -0.05) is 0 Å². The molecule has 10 N–H and O–H groups in total. The van der Waals surface area contributed by atoms with E-state index in [0.717, 1.165) is 0 Å². The first-order valence-corrected chi connectivity index (χ1v) is 5.62. The van der Waals surface area contributed by atoms with Crippen LogP contribution in [0, 0.1) is 0 Å². The van der Waals surface area contributed by atoms with Gasteiger partial charge in [0.1, 0.15) is 6.04 Å². The molecule has 0 spiro atoms. The topological polar surface area (TPSA) is 227 Å². The Labute approximate surface area is 120 Å². The zero-order chi connectivity index (χ0) is 17.4. The molecule has 0 aliphatic rings. The van der Waals surface area contributed by atoms with Crippen molar-refractivity contribution in [1.82, 2.24) is 0 Å². The molecule has 0 rings (SSSR count). The number of carbonyl (C=O) groups is 4. The largest absolute Gasteiger partial charge is 0.481 e. The van der Waals surface area contributed by atoms with Crippen molar-refractivity contribution >= 4 is 23.9 Å². The minimum atomic E-state index is -1.17. The first-order chi connectivity index (χ1) is 9.58. The Morgan fingerprint density at radius 3 is 1.33 bits per heavy atom. The summed E-state index contributed by atoms with van der Waals surface area (Å²) in [5.74, 6) is -4.00. The molecule has 1 atom stereocenters. The van der Waals surface area contributed by atoms with Crippen LogP contribution in [0.3, 0.4) is 0 Å². The molecular weight excluding hydrogens is 290 g/mol. The van der Waals surface area contributed by atoms with Crippen LogP contribution in [0.25, 0.3) is 0 Å². The zero-order valence-corrected chi connectivity index (χ0v) is 11.3.